The van der Waals surface area contributed by atoms with Gasteiger partial charge in [-0.15, -0.1) is 11.8 Å². The van der Waals surface area contributed by atoms with E-state index in [1.807, 2.05) is 0 Å². The van der Waals surface area contributed by atoms with Gasteiger partial charge in [0.2, 0.25) is 0 Å². The number of benzene rings is 3. The molecule has 4 rings (SSSR count). The van der Waals surface area contributed by atoms with Gasteiger partial charge in [-0.2, -0.15) is 0 Å². The highest BCUT2D eigenvalue weighted by Gasteiger charge is 2.31. The van der Waals surface area contributed by atoms with Crippen molar-refractivity contribution in [3.63, 3.8) is 0 Å². The molecule has 32 heavy (non-hydrogen) atoms. The van der Waals surface area contributed by atoms with Crippen molar-refractivity contribution in [2.75, 3.05) is 11.1 Å². The zero-order valence-corrected chi connectivity index (χ0v) is 20.2. The number of rotatable bonds is 6. The summed E-state index contributed by atoms with van der Waals surface area (Å²) >= 11 is 16.5. The zero-order chi connectivity index (χ0) is 22.8. The number of carbonyl (C=O) groups excluding carboxylic acids is 3. The van der Waals surface area contributed by atoms with Crippen LogP contribution in [0.5, 0.6) is 0 Å². The normalized spacial score (nSPS) is 14.0. The Hall–Kier alpha value is -2.38. The molecule has 8 heteroatoms. The van der Waals surface area contributed by atoms with Crippen molar-refractivity contribution >= 4 is 79.6 Å². The van der Waals surface area contributed by atoms with Gasteiger partial charge >= 0.3 is 0 Å². The van der Waals surface area contributed by atoms with Crippen LogP contribution in [0, 0.1) is 0 Å². The quantitative estimate of drug-likeness (QED) is 0.269. The van der Waals surface area contributed by atoms with Crippen LogP contribution in [0.1, 0.15) is 26.3 Å². The first-order valence-corrected chi connectivity index (χ1v) is 11.9. The standard InChI is InChI=1S/C24H14BrCl2NO3S/c25-15-7-8-19-18(11-15)21(24(31)28-19)23(22(30)14-4-2-6-17(27)10-14)32-12-20(29)13-3-1-5-16(26)9-13/h1-11H,12H2,(H,28,31)/b23-21-. The van der Waals surface area contributed by atoms with Gasteiger partial charge in [0, 0.05) is 36.9 Å². The maximum Gasteiger partial charge on any atom is 0.257 e. The molecule has 1 heterocycles. The third-order valence-corrected chi connectivity index (χ3v) is 6.79. The summed E-state index contributed by atoms with van der Waals surface area (Å²) in [6.07, 6.45) is 0. The molecule has 0 unspecified atom stereocenters. The van der Waals surface area contributed by atoms with Gasteiger partial charge in [0.25, 0.3) is 5.91 Å². The number of allylic oxidation sites excluding steroid dienone is 1. The summed E-state index contributed by atoms with van der Waals surface area (Å²) in [5, 5.41) is 3.64. The Morgan fingerprint density at radius 3 is 2.25 bits per heavy atom. The second-order valence-electron chi connectivity index (χ2n) is 6.91. The number of Topliss-reactive ketones (excluding diaryl/α,β-unsaturated/α-hetero) is 2. The average molecular weight is 547 g/mol. The highest BCUT2D eigenvalue weighted by Crippen LogP contribution is 2.40. The van der Waals surface area contributed by atoms with Crippen LogP contribution in [0.2, 0.25) is 10.0 Å². The summed E-state index contributed by atoms with van der Waals surface area (Å²) in [6, 6.07) is 18.4. The number of halogens is 3. The second kappa shape index (κ2) is 9.63. The lowest BCUT2D eigenvalue weighted by Gasteiger charge is -2.11. The molecule has 0 radical (unpaired) electrons. The Bertz CT molecular complexity index is 1310. The highest BCUT2D eigenvalue weighted by molar-refractivity contribution is 9.10. The van der Waals surface area contributed by atoms with Crippen LogP contribution in [0.4, 0.5) is 5.69 Å². The maximum absolute atomic E-state index is 13.5. The SMILES string of the molecule is O=C1Nc2ccc(Br)cc2/C1=C(/SCC(=O)c1cccc(Cl)c1)C(=O)c1cccc(Cl)c1. The van der Waals surface area contributed by atoms with Gasteiger partial charge in [0.1, 0.15) is 0 Å². The monoisotopic (exact) mass is 545 g/mol. The van der Waals surface area contributed by atoms with Crippen molar-refractivity contribution in [2.24, 2.45) is 0 Å². The van der Waals surface area contributed by atoms with Crippen molar-refractivity contribution in [3.8, 4) is 0 Å². The molecule has 3 aromatic rings. The second-order valence-corrected chi connectivity index (χ2v) is 9.68. The van der Waals surface area contributed by atoms with E-state index in [0.29, 0.717) is 32.4 Å². The van der Waals surface area contributed by atoms with E-state index >= 15 is 0 Å². The molecule has 1 amide bonds. The van der Waals surface area contributed by atoms with E-state index in [1.54, 1.807) is 66.7 Å². The van der Waals surface area contributed by atoms with E-state index in [0.717, 1.165) is 16.2 Å². The van der Waals surface area contributed by atoms with E-state index in [-0.39, 0.29) is 27.8 Å². The lowest BCUT2D eigenvalue weighted by atomic mass is 10.0. The molecular formula is C24H14BrCl2NO3S. The van der Waals surface area contributed by atoms with Crippen molar-refractivity contribution in [2.45, 2.75) is 0 Å². The van der Waals surface area contributed by atoms with Gasteiger partial charge in [-0.05, 0) is 42.5 Å². The predicted octanol–water partition coefficient (Wildman–Crippen LogP) is 6.92. The van der Waals surface area contributed by atoms with Gasteiger partial charge in [-0.1, -0.05) is 63.4 Å². The molecule has 0 fully saturated rings. The van der Waals surface area contributed by atoms with Crippen molar-refractivity contribution in [1.29, 1.82) is 0 Å². The molecular weight excluding hydrogens is 533 g/mol. The molecule has 1 aliphatic heterocycles. The number of nitrogens with one attached hydrogen (secondary N) is 1. The van der Waals surface area contributed by atoms with E-state index < -0.39 is 5.91 Å². The summed E-state index contributed by atoms with van der Waals surface area (Å²) in [5.74, 6) is -1.02. The maximum atomic E-state index is 13.5. The van der Waals surface area contributed by atoms with Crippen LogP contribution in [0.15, 0.2) is 76.1 Å². The number of carbonyl (C=O) groups is 3. The predicted molar refractivity (Wildman–Crippen MR) is 134 cm³/mol. The molecule has 0 spiro atoms. The molecule has 3 aromatic carbocycles. The lowest BCUT2D eigenvalue weighted by Crippen LogP contribution is -2.12. The average Bonchev–Trinajstić information content (AvgIpc) is 3.08. The minimum Gasteiger partial charge on any atom is -0.321 e. The van der Waals surface area contributed by atoms with Gasteiger partial charge in [-0.3, -0.25) is 14.4 Å². The third-order valence-electron chi connectivity index (χ3n) is 4.74. The number of amides is 1. The van der Waals surface area contributed by atoms with Crippen LogP contribution in [-0.4, -0.2) is 23.2 Å². The number of thioether (sulfide) groups is 1. The topological polar surface area (TPSA) is 63.2 Å². The van der Waals surface area contributed by atoms with Crippen molar-refractivity contribution in [3.05, 3.63) is 103 Å². The van der Waals surface area contributed by atoms with Crippen LogP contribution in [-0.2, 0) is 4.79 Å². The largest absolute Gasteiger partial charge is 0.321 e. The summed E-state index contributed by atoms with van der Waals surface area (Å²) in [4.78, 5) is 39.3. The Kier molecular flexibility index (Phi) is 6.86. The fourth-order valence-corrected chi connectivity index (χ4v) is 5.04. The van der Waals surface area contributed by atoms with Gasteiger partial charge in [0.05, 0.1) is 16.2 Å². The number of hydrogen-bond acceptors (Lipinski definition) is 4. The van der Waals surface area contributed by atoms with E-state index in [9.17, 15) is 14.4 Å². The van der Waals surface area contributed by atoms with Crippen LogP contribution in [0.25, 0.3) is 5.57 Å². The van der Waals surface area contributed by atoms with E-state index in [2.05, 4.69) is 21.2 Å². The van der Waals surface area contributed by atoms with E-state index in [4.69, 9.17) is 23.2 Å². The van der Waals surface area contributed by atoms with E-state index in [1.165, 1.54) is 0 Å². The zero-order valence-electron chi connectivity index (χ0n) is 16.3. The molecule has 160 valence electrons. The van der Waals surface area contributed by atoms with Crippen molar-refractivity contribution in [1.82, 2.24) is 0 Å². The Labute approximate surface area is 207 Å². The minimum atomic E-state index is -0.397. The van der Waals surface area contributed by atoms with Gasteiger partial charge < -0.3 is 5.32 Å². The smallest absolute Gasteiger partial charge is 0.257 e. The van der Waals surface area contributed by atoms with Crippen LogP contribution >= 0.6 is 50.9 Å². The molecule has 0 aromatic heterocycles. The summed E-state index contributed by atoms with van der Waals surface area (Å²) < 4.78 is 0.764. The van der Waals surface area contributed by atoms with Gasteiger partial charge in [-0.25, -0.2) is 0 Å². The first-order chi connectivity index (χ1) is 15.3. The molecule has 1 aliphatic rings. The molecule has 4 nitrogen and oxygen atoms in total. The number of anilines is 1. The van der Waals surface area contributed by atoms with Crippen LogP contribution in [0.3, 0.4) is 0 Å². The van der Waals surface area contributed by atoms with Gasteiger partial charge in [0.15, 0.2) is 11.6 Å². The molecule has 0 saturated carbocycles. The fourth-order valence-electron chi connectivity index (χ4n) is 3.26. The lowest BCUT2D eigenvalue weighted by molar-refractivity contribution is -0.110. The number of ketones is 2. The Morgan fingerprint density at radius 2 is 1.56 bits per heavy atom. The highest BCUT2D eigenvalue weighted by atomic mass is 79.9. The molecule has 0 aliphatic carbocycles. The number of fused-ring (bicyclic) bond motifs is 1. The minimum absolute atomic E-state index is 0.0396. The number of hydrogen-bond donors (Lipinski definition) is 1. The first-order valence-electron chi connectivity index (χ1n) is 9.41. The first kappa shape index (κ1) is 22.8. The molecule has 0 atom stereocenters. The molecule has 0 bridgehead atoms. The fraction of sp³-hybridized carbons (Fsp3) is 0.0417. The summed E-state index contributed by atoms with van der Waals surface area (Å²) in [7, 11) is 0. The molecule has 0 saturated heterocycles. The van der Waals surface area contributed by atoms with Crippen molar-refractivity contribution < 1.29 is 14.4 Å². The van der Waals surface area contributed by atoms with Crippen LogP contribution < -0.4 is 5.32 Å². The molecule has 1 N–H and O–H groups in total. The Balaban J connectivity index is 1.77. The summed E-state index contributed by atoms with van der Waals surface area (Å²) in [5.41, 5.74) is 2.20. The summed E-state index contributed by atoms with van der Waals surface area (Å²) in [6.45, 7) is 0. The Morgan fingerprint density at radius 1 is 0.906 bits per heavy atom. The third kappa shape index (κ3) is 4.84.